The molecule has 0 aliphatic rings. The van der Waals surface area contributed by atoms with Crippen LogP contribution in [0, 0.1) is 0 Å². The minimum absolute atomic E-state index is 0.0515. The third kappa shape index (κ3) is 7.96. The van der Waals surface area contributed by atoms with E-state index in [1.54, 1.807) is 12.1 Å². The van der Waals surface area contributed by atoms with Gasteiger partial charge in [-0.3, -0.25) is 4.79 Å². The van der Waals surface area contributed by atoms with E-state index in [1.165, 1.54) is 6.92 Å². The first-order chi connectivity index (χ1) is 11.3. The number of nitrogens with one attached hydrogen (secondary N) is 1. The Kier molecular flexibility index (Phi) is 8.25. The minimum Gasteiger partial charge on any atom is -0.494 e. The number of benzene rings is 1. The highest BCUT2D eigenvalue weighted by molar-refractivity contribution is 7.91. The van der Waals surface area contributed by atoms with Crippen molar-refractivity contribution in [1.82, 2.24) is 5.32 Å². The van der Waals surface area contributed by atoms with Crippen LogP contribution >= 0.6 is 0 Å². The number of aliphatic carboxylic acids is 1. The van der Waals surface area contributed by atoms with E-state index in [9.17, 15) is 18.0 Å². The van der Waals surface area contributed by atoms with Gasteiger partial charge in [0.05, 0.1) is 12.4 Å². The molecule has 2 N–H and O–H groups in total. The highest BCUT2D eigenvalue weighted by Gasteiger charge is 2.22. The predicted molar refractivity (Wildman–Crippen MR) is 89.7 cm³/mol. The van der Waals surface area contributed by atoms with Crippen molar-refractivity contribution in [3.05, 3.63) is 30.3 Å². The van der Waals surface area contributed by atoms with E-state index in [1.807, 2.05) is 18.2 Å². The molecule has 24 heavy (non-hydrogen) atoms. The summed E-state index contributed by atoms with van der Waals surface area (Å²) in [5.41, 5.74) is 0. The quantitative estimate of drug-likeness (QED) is 0.577. The molecule has 0 fully saturated rings. The molecular weight excluding hydrogens is 334 g/mol. The number of hydrogen-bond acceptors (Lipinski definition) is 5. The molecule has 0 aliphatic carbocycles. The van der Waals surface area contributed by atoms with Gasteiger partial charge in [0.2, 0.25) is 5.91 Å². The number of carboxylic acids is 1. The lowest BCUT2D eigenvalue weighted by Crippen LogP contribution is -2.42. The summed E-state index contributed by atoms with van der Waals surface area (Å²) >= 11 is 0. The Morgan fingerprint density at radius 2 is 1.92 bits per heavy atom. The molecule has 1 atom stereocenters. The largest absolute Gasteiger partial charge is 0.494 e. The number of hydrogen-bond donors (Lipinski definition) is 2. The second-order valence-corrected chi connectivity index (χ2v) is 7.72. The van der Waals surface area contributed by atoms with E-state index < -0.39 is 27.8 Å². The summed E-state index contributed by atoms with van der Waals surface area (Å²) in [6.45, 7) is 1.83. The van der Waals surface area contributed by atoms with Gasteiger partial charge in [0.1, 0.15) is 21.6 Å². The molecule has 1 rings (SSSR count). The Morgan fingerprint density at radius 3 is 2.50 bits per heavy atom. The molecule has 0 saturated heterocycles. The fourth-order valence-electron chi connectivity index (χ4n) is 1.91. The molecule has 1 aromatic carbocycles. The SMILES string of the molecule is CCS(=O)(=O)CCC(NC(=O)CCCOc1ccccc1)C(=O)O. The Hall–Kier alpha value is -2.09. The van der Waals surface area contributed by atoms with E-state index in [4.69, 9.17) is 9.84 Å². The summed E-state index contributed by atoms with van der Waals surface area (Å²) < 4.78 is 28.3. The third-order valence-electron chi connectivity index (χ3n) is 3.35. The maximum Gasteiger partial charge on any atom is 0.326 e. The van der Waals surface area contributed by atoms with E-state index in [2.05, 4.69) is 5.32 Å². The average Bonchev–Trinajstić information content (AvgIpc) is 2.56. The highest BCUT2D eigenvalue weighted by atomic mass is 32.2. The number of carboxylic acid groups (broad SMARTS) is 1. The van der Waals surface area contributed by atoms with Gasteiger partial charge in [0, 0.05) is 12.2 Å². The molecule has 1 aromatic rings. The average molecular weight is 357 g/mol. The molecule has 0 heterocycles. The van der Waals surface area contributed by atoms with E-state index in [0.29, 0.717) is 18.8 Å². The zero-order valence-corrected chi connectivity index (χ0v) is 14.4. The molecule has 1 unspecified atom stereocenters. The van der Waals surface area contributed by atoms with Gasteiger partial charge in [-0.25, -0.2) is 13.2 Å². The van der Waals surface area contributed by atoms with Gasteiger partial charge in [-0.15, -0.1) is 0 Å². The van der Waals surface area contributed by atoms with Gasteiger partial charge in [-0.05, 0) is 25.0 Å². The summed E-state index contributed by atoms with van der Waals surface area (Å²) in [6, 6.07) is 7.94. The molecule has 0 radical (unpaired) electrons. The third-order valence-corrected chi connectivity index (χ3v) is 5.09. The molecule has 0 saturated carbocycles. The number of sulfone groups is 1. The predicted octanol–water partition coefficient (Wildman–Crippen LogP) is 1.24. The number of carbonyl (C=O) groups is 2. The highest BCUT2D eigenvalue weighted by Crippen LogP contribution is 2.09. The van der Waals surface area contributed by atoms with Gasteiger partial charge in [-0.2, -0.15) is 0 Å². The molecule has 0 aliphatic heterocycles. The van der Waals surface area contributed by atoms with Crippen LogP contribution in [0.1, 0.15) is 26.2 Å². The van der Waals surface area contributed by atoms with Crippen molar-refractivity contribution in [3.8, 4) is 5.75 Å². The number of carbonyl (C=O) groups excluding carboxylic acids is 1. The van der Waals surface area contributed by atoms with Crippen molar-refractivity contribution in [1.29, 1.82) is 0 Å². The maximum absolute atomic E-state index is 11.8. The van der Waals surface area contributed by atoms with Crippen molar-refractivity contribution in [3.63, 3.8) is 0 Å². The van der Waals surface area contributed by atoms with Crippen LogP contribution in [0.5, 0.6) is 5.75 Å². The van der Waals surface area contributed by atoms with Crippen molar-refractivity contribution in [2.24, 2.45) is 0 Å². The first-order valence-corrected chi connectivity index (χ1v) is 9.56. The lowest BCUT2D eigenvalue weighted by atomic mass is 10.2. The summed E-state index contributed by atoms with van der Waals surface area (Å²) in [4.78, 5) is 22.9. The van der Waals surface area contributed by atoms with Crippen molar-refractivity contribution in [2.45, 2.75) is 32.2 Å². The van der Waals surface area contributed by atoms with Gasteiger partial charge in [0.25, 0.3) is 0 Å². The molecule has 8 heteroatoms. The van der Waals surface area contributed by atoms with Gasteiger partial charge >= 0.3 is 5.97 Å². The minimum atomic E-state index is -3.27. The van der Waals surface area contributed by atoms with Crippen LogP contribution in [0.25, 0.3) is 0 Å². The molecule has 0 aromatic heterocycles. The molecule has 0 spiro atoms. The van der Waals surface area contributed by atoms with Crippen LogP contribution in [0.4, 0.5) is 0 Å². The molecule has 1 amide bonds. The lowest BCUT2D eigenvalue weighted by molar-refractivity contribution is -0.141. The van der Waals surface area contributed by atoms with Gasteiger partial charge < -0.3 is 15.2 Å². The van der Waals surface area contributed by atoms with Crippen LogP contribution in [0.15, 0.2) is 30.3 Å². The first-order valence-electron chi connectivity index (χ1n) is 7.74. The number of para-hydroxylation sites is 1. The zero-order chi connectivity index (χ0) is 18.0. The molecule has 0 bridgehead atoms. The Morgan fingerprint density at radius 1 is 1.25 bits per heavy atom. The van der Waals surface area contributed by atoms with Crippen LogP contribution in [-0.2, 0) is 19.4 Å². The van der Waals surface area contributed by atoms with E-state index >= 15 is 0 Å². The normalized spacial score (nSPS) is 12.4. The van der Waals surface area contributed by atoms with Crippen LogP contribution in [0.3, 0.4) is 0 Å². The summed E-state index contributed by atoms with van der Waals surface area (Å²) in [5, 5.41) is 11.4. The molecule has 134 valence electrons. The van der Waals surface area contributed by atoms with E-state index in [-0.39, 0.29) is 24.3 Å². The summed E-state index contributed by atoms with van der Waals surface area (Å²) in [6.07, 6.45) is 0.398. The Bertz CT molecular complexity index is 629. The van der Waals surface area contributed by atoms with Crippen molar-refractivity contribution in [2.75, 3.05) is 18.1 Å². The van der Waals surface area contributed by atoms with Crippen LogP contribution < -0.4 is 10.1 Å². The summed E-state index contributed by atoms with van der Waals surface area (Å²) in [5.74, 6) is -1.30. The summed E-state index contributed by atoms with van der Waals surface area (Å²) in [7, 11) is -3.27. The topological polar surface area (TPSA) is 110 Å². The number of amides is 1. The standard InChI is InChI=1S/C16H23NO6S/c1-2-24(21,22)12-10-14(16(19)20)17-15(18)9-6-11-23-13-7-4-3-5-8-13/h3-5,7-8,14H,2,6,9-12H2,1H3,(H,17,18)(H,19,20). The van der Waals surface area contributed by atoms with Gasteiger partial charge in [-0.1, -0.05) is 25.1 Å². The van der Waals surface area contributed by atoms with Gasteiger partial charge in [0.15, 0.2) is 0 Å². The molecule has 7 nitrogen and oxygen atoms in total. The fraction of sp³-hybridized carbons (Fsp3) is 0.500. The van der Waals surface area contributed by atoms with Crippen LogP contribution in [0.2, 0.25) is 0 Å². The monoisotopic (exact) mass is 357 g/mol. The smallest absolute Gasteiger partial charge is 0.326 e. The lowest BCUT2D eigenvalue weighted by Gasteiger charge is -2.14. The van der Waals surface area contributed by atoms with Crippen molar-refractivity contribution >= 4 is 21.7 Å². The van der Waals surface area contributed by atoms with Crippen LogP contribution in [-0.4, -0.2) is 49.6 Å². The van der Waals surface area contributed by atoms with E-state index in [0.717, 1.165) is 0 Å². The second kappa shape index (κ2) is 9.92. The Balaban J connectivity index is 2.33. The number of ether oxygens (including phenoxy) is 1. The molecular formula is C16H23NO6S. The van der Waals surface area contributed by atoms with Crippen molar-refractivity contribution < 1.29 is 27.9 Å². The zero-order valence-electron chi connectivity index (χ0n) is 13.6. The first kappa shape index (κ1) is 20.0. The Labute approximate surface area is 141 Å². The fourth-order valence-corrected chi connectivity index (χ4v) is 2.79. The second-order valence-electron chi connectivity index (χ2n) is 5.25. The number of rotatable bonds is 11. The maximum atomic E-state index is 11.8.